The summed E-state index contributed by atoms with van der Waals surface area (Å²) in [5.74, 6) is 0.720. The number of sulfonamides is 1. The van der Waals surface area contributed by atoms with Crippen LogP contribution in [-0.2, 0) is 21.2 Å². The van der Waals surface area contributed by atoms with Crippen LogP contribution in [0.1, 0.15) is 12.5 Å². The van der Waals surface area contributed by atoms with Crippen LogP contribution in [0.5, 0.6) is 5.75 Å². The Bertz CT molecular complexity index is 708. The fourth-order valence-corrected chi connectivity index (χ4v) is 3.14. The van der Waals surface area contributed by atoms with Crippen molar-refractivity contribution in [1.82, 2.24) is 9.62 Å². The average Bonchev–Trinajstić information content (AvgIpc) is 2.59. The van der Waals surface area contributed by atoms with Crippen LogP contribution < -0.4 is 14.8 Å². The lowest BCUT2D eigenvalue weighted by molar-refractivity contribution is 0.0176. The van der Waals surface area contributed by atoms with Crippen molar-refractivity contribution >= 4 is 21.7 Å². The predicted octanol–water partition coefficient (Wildman–Crippen LogP) is 1.04. The molecule has 2 N–H and O–H groups in total. The second-order valence-electron chi connectivity index (χ2n) is 5.85. The van der Waals surface area contributed by atoms with Crippen molar-refractivity contribution in [2.75, 3.05) is 45.0 Å². The van der Waals surface area contributed by atoms with Crippen LogP contribution in [0.3, 0.4) is 0 Å². The molecule has 1 aliphatic rings. The Balaban J connectivity index is 2.06. The number of morpholine rings is 1. The highest BCUT2D eigenvalue weighted by atomic mass is 32.2. The number of carbonyl (C=O) groups is 1. The zero-order chi connectivity index (χ0) is 18.4. The molecule has 1 atom stereocenters. The Morgan fingerprint density at radius 2 is 2.20 bits per heavy atom. The van der Waals surface area contributed by atoms with E-state index in [1.54, 1.807) is 18.1 Å². The van der Waals surface area contributed by atoms with E-state index < -0.39 is 10.0 Å². The van der Waals surface area contributed by atoms with E-state index in [0.717, 1.165) is 24.0 Å². The van der Waals surface area contributed by atoms with Crippen LogP contribution in [0.2, 0.25) is 0 Å². The number of nitrogens with one attached hydrogen (secondary N) is 2. The monoisotopic (exact) mass is 371 g/mol. The van der Waals surface area contributed by atoms with E-state index >= 15 is 0 Å². The van der Waals surface area contributed by atoms with Crippen molar-refractivity contribution in [3.8, 4) is 5.75 Å². The number of amides is 2. The van der Waals surface area contributed by atoms with Crippen molar-refractivity contribution in [2.45, 2.75) is 19.4 Å². The summed E-state index contributed by atoms with van der Waals surface area (Å²) >= 11 is 0. The SMILES string of the molecule is CCc1ccc(NC(=O)N2CCOCC2CNS(C)(=O)=O)cc1OC. The van der Waals surface area contributed by atoms with E-state index in [9.17, 15) is 13.2 Å². The number of hydrogen-bond acceptors (Lipinski definition) is 5. The molecular weight excluding hydrogens is 346 g/mol. The molecule has 2 rings (SSSR count). The van der Waals surface area contributed by atoms with Crippen LogP contribution in [0, 0.1) is 0 Å². The molecule has 0 bridgehead atoms. The molecule has 9 heteroatoms. The van der Waals surface area contributed by atoms with Gasteiger partial charge in [0, 0.05) is 24.8 Å². The van der Waals surface area contributed by atoms with Crippen molar-refractivity contribution in [1.29, 1.82) is 0 Å². The maximum Gasteiger partial charge on any atom is 0.322 e. The summed E-state index contributed by atoms with van der Waals surface area (Å²) in [4.78, 5) is 14.2. The second-order valence-corrected chi connectivity index (χ2v) is 7.69. The molecule has 0 saturated carbocycles. The number of hydrogen-bond donors (Lipinski definition) is 2. The first-order chi connectivity index (χ1) is 11.8. The molecule has 1 aromatic carbocycles. The first kappa shape index (κ1) is 19.5. The highest BCUT2D eigenvalue weighted by Crippen LogP contribution is 2.24. The fourth-order valence-electron chi connectivity index (χ4n) is 2.65. The average molecular weight is 371 g/mol. The zero-order valence-electron chi connectivity index (χ0n) is 14.7. The maximum atomic E-state index is 12.6. The summed E-state index contributed by atoms with van der Waals surface area (Å²) in [5.41, 5.74) is 1.68. The highest BCUT2D eigenvalue weighted by Gasteiger charge is 2.28. The van der Waals surface area contributed by atoms with Gasteiger partial charge in [-0.25, -0.2) is 17.9 Å². The fraction of sp³-hybridized carbons (Fsp3) is 0.562. The molecule has 8 nitrogen and oxygen atoms in total. The van der Waals surface area contributed by atoms with E-state index in [1.807, 2.05) is 19.1 Å². The van der Waals surface area contributed by atoms with E-state index in [2.05, 4.69) is 10.0 Å². The number of nitrogens with zero attached hydrogens (tertiary/aromatic N) is 1. The minimum atomic E-state index is -3.33. The van der Waals surface area contributed by atoms with Gasteiger partial charge in [-0.15, -0.1) is 0 Å². The molecule has 25 heavy (non-hydrogen) atoms. The highest BCUT2D eigenvalue weighted by molar-refractivity contribution is 7.88. The van der Waals surface area contributed by atoms with Crippen LogP contribution in [0.15, 0.2) is 18.2 Å². The normalized spacial score (nSPS) is 18.0. The Labute approximate surface area is 148 Å². The Kier molecular flexibility index (Phi) is 6.63. The summed E-state index contributed by atoms with van der Waals surface area (Å²) in [6.45, 7) is 3.24. The first-order valence-electron chi connectivity index (χ1n) is 8.11. The molecule has 1 heterocycles. The Morgan fingerprint density at radius 1 is 1.44 bits per heavy atom. The van der Waals surface area contributed by atoms with Gasteiger partial charge < -0.3 is 19.7 Å². The largest absolute Gasteiger partial charge is 0.496 e. The minimum Gasteiger partial charge on any atom is -0.496 e. The van der Waals surface area contributed by atoms with Gasteiger partial charge in [-0.3, -0.25) is 0 Å². The van der Waals surface area contributed by atoms with Crippen LogP contribution in [-0.4, -0.2) is 65.1 Å². The molecule has 0 radical (unpaired) electrons. The number of rotatable bonds is 6. The number of aryl methyl sites for hydroxylation is 1. The summed E-state index contributed by atoms with van der Waals surface area (Å²) in [7, 11) is -1.74. The van der Waals surface area contributed by atoms with E-state index in [0.29, 0.717) is 18.8 Å². The number of benzene rings is 1. The summed E-state index contributed by atoms with van der Waals surface area (Å²) in [6, 6.07) is 4.86. The molecule has 0 aromatic heterocycles. The molecule has 2 amide bonds. The molecule has 1 aliphatic heterocycles. The van der Waals surface area contributed by atoms with E-state index in [1.165, 1.54) is 0 Å². The Hall–Kier alpha value is -1.84. The molecule has 1 saturated heterocycles. The minimum absolute atomic E-state index is 0.115. The lowest BCUT2D eigenvalue weighted by Gasteiger charge is -2.35. The van der Waals surface area contributed by atoms with Gasteiger partial charge in [0.05, 0.1) is 32.6 Å². The van der Waals surface area contributed by atoms with Gasteiger partial charge in [-0.05, 0) is 18.1 Å². The third-order valence-corrected chi connectivity index (χ3v) is 4.68. The lowest BCUT2D eigenvalue weighted by Crippen LogP contribution is -2.54. The number of anilines is 1. The van der Waals surface area contributed by atoms with Gasteiger partial charge in [0.2, 0.25) is 10.0 Å². The molecule has 140 valence electrons. The van der Waals surface area contributed by atoms with Crippen molar-refractivity contribution in [3.63, 3.8) is 0 Å². The number of ether oxygens (including phenoxy) is 2. The van der Waals surface area contributed by atoms with Gasteiger partial charge >= 0.3 is 6.03 Å². The lowest BCUT2D eigenvalue weighted by atomic mass is 10.1. The van der Waals surface area contributed by atoms with Gasteiger partial charge in [0.1, 0.15) is 5.75 Å². The van der Waals surface area contributed by atoms with Gasteiger partial charge in [-0.2, -0.15) is 0 Å². The molecule has 1 fully saturated rings. The summed E-state index contributed by atoms with van der Waals surface area (Å²) < 4.78 is 35.7. The third kappa shape index (κ3) is 5.58. The molecule has 0 aliphatic carbocycles. The molecule has 0 spiro atoms. The predicted molar refractivity (Wildman–Crippen MR) is 95.6 cm³/mol. The molecule has 1 aromatic rings. The third-order valence-electron chi connectivity index (χ3n) is 3.99. The van der Waals surface area contributed by atoms with Crippen LogP contribution in [0.4, 0.5) is 10.5 Å². The standard InChI is InChI=1S/C16H25N3O5S/c1-4-12-5-6-13(9-15(12)23-2)18-16(20)19-7-8-24-11-14(19)10-17-25(3,21)22/h5-6,9,14,17H,4,7-8,10-11H2,1-3H3,(H,18,20). The number of urea groups is 1. The van der Waals surface area contributed by atoms with Crippen LogP contribution >= 0.6 is 0 Å². The molecule has 1 unspecified atom stereocenters. The number of methoxy groups -OCH3 is 1. The van der Waals surface area contributed by atoms with E-state index in [-0.39, 0.29) is 25.2 Å². The first-order valence-corrected chi connectivity index (χ1v) is 10.00. The molecular formula is C16H25N3O5S. The summed E-state index contributed by atoms with van der Waals surface area (Å²) in [6.07, 6.45) is 1.92. The topological polar surface area (TPSA) is 97.0 Å². The van der Waals surface area contributed by atoms with Crippen molar-refractivity contribution < 1.29 is 22.7 Å². The summed E-state index contributed by atoms with van der Waals surface area (Å²) in [5, 5.41) is 2.84. The van der Waals surface area contributed by atoms with Crippen molar-refractivity contribution in [3.05, 3.63) is 23.8 Å². The Morgan fingerprint density at radius 3 is 2.84 bits per heavy atom. The maximum absolute atomic E-state index is 12.6. The quantitative estimate of drug-likeness (QED) is 0.779. The van der Waals surface area contributed by atoms with E-state index in [4.69, 9.17) is 9.47 Å². The van der Waals surface area contributed by atoms with Gasteiger partial charge in [0.15, 0.2) is 0 Å². The smallest absolute Gasteiger partial charge is 0.322 e. The van der Waals surface area contributed by atoms with Crippen molar-refractivity contribution in [2.24, 2.45) is 0 Å². The zero-order valence-corrected chi connectivity index (χ0v) is 15.6. The van der Waals surface area contributed by atoms with Gasteiger partial charge in [-0.1, -0.05) is 13.0 Å². The van der Waals surface area contributed by atoms with Gasteiger partial charge in [0.25, 0.3) is 0 Å². The second kappa shape index (κ2) is 8.50. The van der Waals surface area contributed by atoms with Crippen LogP contribution in [0.25, 0.3) is 0 Å². The number of carbonyl (C=O) groups excluding carboxylic acids is 1.